The quantitative estimate of drug-likeness (QED) is 0.836. The molecule has 2 aliphatic heterocycles. The fourth-order valence-corrected chi connectivity index (χ4v) is 2.98. The largest absolute Gasteiger partial charge is 0.379 e. The molecule has 1 N–H and O–H groups in total. The van der Waals surface area contributed by atoms with Gasteiger partial charge in [0.1, 0.15) is 12.6 Å². The number of nitrogens with one attached hydrogen (secondary N) is 1. The van der Waals surface area contributed by atoms with E-state index in [0.29, 0.717) is 13.2 Å². The highest BCUT2D eigenvalue weighted by molar-refractivity contribution is 5.77. The minimum atomic E-state index is -0.494. The summed E-state index contributed by atoms with van der Waals surface area (Å²) in [7, 11) is 1.76. The van der Waals surface area contributed by atoms with Crippen molar-refractivity contribution < 1.29 is 13.9 Å². The zero-order chi connectivity index (χ0) is 15.7. The number of amides is 1. The van der Waals surface area contributed by atoms with Crippen LogP contribution in [0.3, 0.4) is 0 Å². The number of hydrogen-bond donors (Lipinski definition) is 1. The van der Waals surface area contributed by atoms with Crippen molar-refractivity contribution in [3.8, 4) is 0 Å². The molecule has 2 fully saturated rings. The molecule has 22 heavy (non-hydrogen) atoms. The van der Waals surface area contributed by atoms with Crippen LogP contribution in [0.2, 0.25) is 0 Å². The molecule has 0 spiro atoms. The topological polar surface area (TPSA) is 70.6 Å². The SMILES string of the molecule is C[C@@H]1COCCN1C1NC(c2ncncc2F)CC(=O)N1C. The van der Waals surface area contributed by atoms with Gasteiger partial charge >= 0.3 is 0 Å². The molecule has 2 aliphatic rings. The number of carbonyl (C=O) groups is 1. The number of hydrogen-bond acceptors (Lipinski definition) is 6. The van der Waals surface area contributed by atoms with Crippen LogP contribution in [0.1, 0.15) is 25.1 Å². The highest BCUT2D eigenvalue weighted by Gasteiger charge is 2.38. The first-order valence-electron chi connectivity index (χ1n) is 7.38. The van der Waals surface area contributed by atoms with Crippen LogP contribution in [0.4, 0.5) is 4.39 Å². The van der Waals surface area contributed by atoms with Gasteiger partial charge in [0.15, 0.2) is 5.82 Å². The highest BCUT2D eigenvalue weighted by atomic mass is 19.1. The standard InChI is InChI=1S/C14H20FN5O2/c1-9-7-22-4-3-20(9)14-18-11(5-12(21)19(14)2)13-10(15)6-16-8-17-13/h6,8-9,11,14,18H,3-5,7H2,1-2H3/t9-,11?,14?/m1/s1. The van der Waals surface area contributed by atoms with Gasteiger partial charge in [0, 0.05) is 26.1 Å². The smallest absolute Gasteiger partial charge is 0.226 e. The highest BCUT2D eigenvalue weighted by Crippen LogP contribution is 2.26. The van der Waals surface area contributed by atoms with E-state index >= 15 is 0 Å². The predicted octanol–water partition coefficient (Wildman–Crippen LogP) is 0.113. The Morgan fingerprint density at radius 1 is 1.50 bits per heavy atom. The molecule has 0 aromatic carbocycles. The van der Waals surface area contributed by atoms with Crippen molar-refractivity contribution in [2.75, 3.05) is 26.8 Å². The molecule has 8 heteroatoms. The number of carbonyl (C=O) groups excluding carboxylic acids is 1. The van der Waals surface area contributed by atoms with Crippen molar-refractivity contribution in [1.82, 2.24) is 25.1 Å². The zero-order valence-corrected chi connectivity index (χ0v) is 12.7. The predicted molar refractivity (Wildman–Crippen MR) is 76.0 cm³/mol. The van der Waals surface area contributed by atoms with E-state index in [1.807, 2.05) is 6.92 Å². The summed E-state index contributed by atoms with van der Waals surface area (Å²) in [5.74, 6) is -0.531. The third-order valence-corrected chi connectivity index (χ3v) is 4.25. The van der Waals surface area contributed by atoms with E-state index in [1.54, 1.807) is 11.9 Å². The number of rotatable bonds is 2. The molecule has 0 saturated carbocycles. The summed E-state index contributed by atoms with van der Waals surface area (Å²) in [5.41, 5.74) is 0.238. The Balaban J connectivity index is 1.84. The Hall–Kier alpha value is -1.64. The molecule has 120 valence electrons. The number of ether oxygens (including phenoxy) is 1. The van der Waals surface area contributed by atoms with Crippen molar-refractivity contribution in [1.29, 1.82) is 0 Å². The lowest BCUT2D eigenvalue weighted by molar-refractivity contribution is -0.150. The molecular formula is C14H20FN5O2. The molecule has 0 bridgehead atoms. The molecule has 0 radical (unpaired) electrons. The van der Waals surface area contributed by atoms with Gasteiger partial charge in [0.25, 0.3) is 0 Å². The Kier molecular flexibility index (Phi) is 4.32. The molecule has 0 aliphatic carbocycles. The average Bonchev–Trinajstić information content (AvgIpc) is 2.51. The molecule has 2 unspecified atom stereocenters. The minimum absolute atomic E-state index is 0.0366. The fourth-order valence-electron chi connectivity index (χ4n) is 2.98. The minimum Gasteiger partial charge on any atom is -0.379 e. The second kappa shape index (κ2) is 6.23. The van der Waals surface area contributed by atoms with Gasteiger partial charge in [-0.15, -0.1) is 0 Å². The van der Waals surface area contributed by atoms with E-state index in [9.17, 15) is 9.18 Å². The second-order valence-electron chi connectivity index (χ2n) is 5.72. The van der Waals surface area contributed by atoms with E-state index in [0.717, 1.165) is 12.7 Å². The van der Waals surface area contributed by atoms with Crippen molar-refractivity contribution in [3.05, 3.63) is 24.0 Å². The summed E-state index contributed by atoms with van der Waals surface area (Å²) in [6.07, 6.45) is 2.31. The molecular weight excluding hydrogens is 289 g/mol. The normalized spacial score (nSPS) is 30.6. The fraction of sp³-hybridized carbons (Fsp3) is 0.643. The van der Waals surface area contributed by atoms with Crippen molar-refractivity contribution in [3.63, 3.8) is 0 Å². The first kappa shape index (κ1) is 15.3. The van der Waals surface area contributed by atoms with Gasteiger partial charge in [0.2, 0.25) is 5.91 Å². The van der Waals surface area contributed by atoms with Crippen LogP contribution < -0.4 is 5.32 Å². The summed E-state index contributed by atoms with van der Waals surface area (Å²) in [6.45, 7) is 4.01. The maximum Gasteiger partial charge on any atom is 0.226 e. The summed E-state index contributed by atoms with van der Waals surface area (Å²) in [6, 6.07) is -0.276. The van der Waals surface area contributed by atoms with Crippen LogP contribution in [-0.2, 0) is 9.53 Å². The molecule has 3 atom stereocenters. The lowest BCUT2D eigenvalue weighted by Gasteiger charge is -2.47. The van der Waals surface area contributed by atoms with Gasteiger partial charge in [-0.2, -0.15) is 0 Å². The molecule has 7 nitrogen and oxygen atoms in total. The third-order valence-electron chi connectivity index (χ3n) is 4.25. The summed E-state index contributed by atoms with van der Waals surface area (Å²) < 4.78 is 19.4. The zero-order valence-electron chi connectivity index (χ0n) is 12.7. The van der Waals surface area contributed by atoms with Crippen LogP contribution in [0.25, 0.3) is 0 Å². The van der Waals surface area contributed by atoms with Crippen molar-refractivity contribution >= 4 is 5.91 Å². The first-order chi connectivity index (χ1) is 10.6. The van der Waals surface area contributed by atoms with Crippen molar-refractivity contribution in [2.45, 2.75) is 31.7 Å². The number of halogens is 1. The molecule has 1 amide bonds. The number of aromatic nitrogens is 2. The maximum atomic E-state index is 13.9. The first-order valence-corrected chi connectivity index (χ1v) is 7.38. The molecule has 1 aromatic heterocycles. The Labute approximate surface area is 128 Å². The lowest BCUT2D eigenvalue weighted by atomic mass is 10.1. The molecule has 1 aromatic rings. The van der Waals surface area contributed by atoms with E-state index in [2.05, 4.69) is 20.2 Å². The number of nitrogens with zero attached hydrogens (tertiary/aromatic N) is 4. The summed E-state index contributed by atoms with van der Waals surface area (Å²) >= 11 is 0. The lowest BCUT2D eigenvalue weighted by Crippen LogP contribution is -2.65. The third kappa shape index (κ3) is 2.81. The van der Waals surface area contributed by atoms with Crippen LogP contribution in [0, 0.1) is 5.82 Å². The van der Waals surface area contributed by atoms with Gasteiger partial charge in [-0.05, 0) is 6.92 Å². The van der Waals surface area contributed by atoms with E-state index in [4.69, 9.17) is 4.74 Å². The van der Waals surface area contributed by atoms with Gasteiger partial charge in [-0.1, -0.05) is 0 Å². The van der Waals surface area contributed by atoms with Crippen LogP contribution in [0.15, 0.2) is 12.5 Å². The monoisotopic (exact) mass is 309 g/mol. The Morgan fingerprint density at radius 3 is 3.05 bits per heavy atom. The summed E-state index contributed by atoms with van der Waals surface area (Å²) in [5, 5.41) is 3.34. The molecule has 3 heterocycles. The van der Waals surface area contributed by atoms with E-state index in [-0.39, 0.29) is 30.4 Å². The Bertz CT molecular complexity index is 558. The molecule has 2 saturated heterocycles. The van der Waals surface area contributed by atoms with Gasteiger partial charge in [-0.3, -0.25) is 15.0 Å². The molecule has 3 rings (SSSR count). The van der Waals surface area contributed by atoms with Gasteiger partial charge in [-0.25, -0.2) is 14.4 Å². The van der Waals surface area contributed by atoms with E-state index in [1.165, 1.54) is 6.33 Å². The summed E-state index contributed by atoms with van der Waals surface area (Å²) in [4.78, 5) is 23.8. The second-order valence-corrected chi connectivity index (χ2v) is 5.72. The van der Waals surface area contributed by atoms with Crippen LogP contribution in [0.5, 0.6) is 0 Å². The van der Waals surface area contributed by atoms with Gasteiger partial charge in [0.05, 0.1) is 31.1 Å². The van der Waals surface area contributed by atoms with Gasteiger partial charge < -0.3 is 9.64 Å². The van der Waals surface area contributed by atoms with Crippen LogP contribution in [-0.4, -0.2) is 64.8 Å². The van der Waals surface area contributed by atoms with Crippen LogP contribution >= 0.6 is 0 Å². The Morgan fingerprint density at radius 2 is 2.32 bits per heavy atom. The average molecular weight is 309 g/mol. The van der Waals surface area contributed by atoms with E-state index < -0.39 is 11.9 Å². The number of morpholine rings is 1. The maximum absolute atomic E-state index is 13.9. The van der Waals surface area contributed by atoms with Crippen molar-refractivity contribution in [2.24, 2.45) is 0 Å².